The first kappa shape index (κ1) is 18.6. The maximum absolute atomic E-state index is 12.5. The molecule has 0 bridgehead atoms. The van der Waals surface area contributed by atoms with E-state index in [0.717, 1.165) is 0 Å². The fraction of sp³-hybridized carbons (Fsp3) is 0. The van der Waals surface area contributed by atoms with E-state index in [-0.39, 0.29) is 11.7 Å². The molecule has 0 aliphatic carbocycles. The van der Waals surface area contributed by atoms with Crippen molar-refractivity contribution in [3.8, 4) is 11.1 Å². The lowest BCUT2D eigenvalue weighted by atomic mass is 9.95. The second kappa shape index (κ2) is 7.58. The molecule has 0 fully saturated rings. The van der Waals surface area contributed by atoms with Crippen LogP contribution in [0.1, 0.15) is 15.9 Å². The lowest BCUT2D eigenvalue weighted by molar-refractivity contribution is 0.102. The highest BCUT2D eigenvalue weighted by atomic mass is 35.5. The lowest BCUT2D eigenvalue weighted by Crippen LogP contribution is -2.13. The van der Waals surface area contributed by atoms with E-state index >= 15 is 0 Å². The third-order valence-electron chi connectivity index (χ3n) is 3.70. The average Bonchev–Trinajstić information content (AvgIpc) is 2.99. The van der Waals surface area contributed by atoms with Gasteiger partial charge in [-0.05, 0) is 12.1 Å². The molecule has 1 heterocycles. The van der Waals surface area contributed by atoms with Crippen LogP contribution < -0.4 is 10.8 Å². The number of nitrogens with one attached hydrogen (secondary N) is 1. The molecule has 2 N–H and O–H groups in total. The highest BCUT2D eigenvalue weighted by Gasteiger charge is 2.20. The SMILES string of the molecule is [B]c1ccc(C(=O)Nc2scc(-c3ccc(Cl)cc3Cl)c2C(=C)O)cc1. The van der Waals surface area contributed by atoms with E-state index in [2.05, 4.69) is 11.9 Å². The molecular formula is C19H12BCl2NO2S. The Hall–Kier alpha value is -2.21. The summed E-state index contributed by atoms with van der Waals surface area (Å²) in [5.41, 5.74) is 2.79. The van der Waals surface area contributed by atoms with Crippen molar-refractivity contribution >= 4 is 64.5 Å². The maximum Gasteiger partial charge on any atom is 0.256 e. The van der Waals surface area contributed by atoms with Crippen LogP contribution in [-0.2, 0) is 0 Å². The molecule has 2 aromatic carbocycles. The topological polar surface area (TPSA) is 49.3 Å². The van der Waals surface area contributed by atoms with Crippen molar-refractivity contribution in [1.82, 2.24) is 0 Å². The Morgan fingerprint density at radius 2 is 1.81 bits per heavy atom. The molecule has 0 atom stereocenters. The molecule has 7 heteroatoms. The molecule has 3 rings (SSSR count). The van der Waals surface area contributed by atoms with E-state index in [9.17, 15) is 9.90 Å². The monoisotopic (exact) mass is 399 g/mol. The summed E-state index contributed by atoms with van der Waals surface area (Å²) in [7, 11) is 5.64. The fourth-order valence-electron chi connectivity index (χ4n) is 2.45. The molecule has 26 heavy (non-hydrogen) atoms. The van der Waals surface area contributed by atoms with Crippen molar-refractivity contribution in [3.05, 3.63) is 75.6 Å². The summed E-state index contributed by atoms with van der Waals surface area (Å²) in [5.74, 6) is -0.483. The largest absolute Gasteiger partial charge is 0.508 e. The van der Waals surface area contributed by atoms with Crippen LogP contribution in [0.3, 0.4) is 0 Å². The van der Waals surface area contributed by atoms with Gasteiger partial charge in [-0.1, -0.05) is 65.6 Å². The number of amides is 1. The minimum absolute atomic E-state index is 0.167. The summed E-state index contributed by atoms with van der Waals surface area (Å²) in [5, 5.41) is 16.1. The zero-order valence-corrected chi connectivity index (χ0v) is 15.8. The number of aliphatic hydroxyl groups excluding tert-OH is 1. The highest BCUT2D eigenvalue weighted by Crippen LogP contribution is 2.42. The molecule has 128 valence electrons. The van der Waals surface area contributed by atoms with Crippen LogP contribution in [0.2, 0.25) is 10.0 Å². The quantitative estimate of drug-likeness (QED) is 0.462. The number of carbonyl (C=O) groups excluding carboxylic acids is 1. The molecule has 3 nitrogen and oxygen atoms in total. The minimum Gasteiger partial charge on any atom is -0.508 e. The van der Waals surface area contributed by atoms with Crippen LogP contribution in [-0.4, -0.2) is 18.9 Å². The van der Waals surface area contributed by atoms with Crippen molar-refractivity contribution in [1.29, 1.82) is 0 Å². The number of carbonyl (C=O) groups is 1. The molecule has 0 aliphatic heterocycles. The second-order valence-electron chi connectivity index (χ2n) is 5.50. The van der Waals surface area contributed by atoms with Gasteiger partial charge in [0.05, 0.1) is 5.56 Å². The van der Waals surface area contributed by atoms with Gasteiger partial charge in [-0.3, -0.25) is 4.79 Å². The van der Waals surface area contributed by atoms with Crippen LogP contribution in [0.25, 0.3) is 16.9 Å². The smallest absolute Gasteiger partial charge is 0.256 e. The van der Waals surface area contributed by atoms with Gasteiger partial charge in [0.2, 0.25) is 0 Å². The van der Waals surface area contributed by atoms with Gasteiger partial charge in [0, 0.05) is 32.1 Å². The molecule has 0 saturated carbocycles. The van der Waals surface area contributed by atoms with Crippen molar-refractivity contribution in [2.45, 2.75) is 0 Å². The molecule has 0 unspecified atom stereocenters. The molecule has 1 amide bonds. The number of thiophene rings is 1. The minimum atomic E-state index is -0.317. The van der Waals surface area contributed by atoms with Crippen LogP contribution >= 0.6 is 34.5 Å². The van der Waals surface area contributed by atoms with E-state index in [1.807, 2.05) is 0 Å². The predicted octanol–water partition coefficient (Wildman–Crippen LogP) is 5.30. The number of halogens is 2. The van der Waals surface area contributed by atoms with E-state index in [1.54, 1.807) is 47.8 Å². The summed E-state index contributed by atoms with van der Waals surface area (Å²) < 4.78 is 0. The van der Waals surface area contributed by atoms with Gasteiger partial charge in [0.25, 0.3) is 5.91 Å². The van der Waals surface area contributed by atoms with Crippen molar-refractivity contribution in [2.24, 2.45) is 0 Å². The van der Waals surface area contributed by atoms with Crippen LogP contribution in [0, 0.1) is 0 Å². The maximum atomic E-state index is 12.5. The van der Waals surface area contributed by atoms with Gasteiger partial charge in [-0.2, -0.15) is 0 Å². The molecule has 0 spiro atoms. The number of aliphatic hydroxyl groups is 1. The van der Waals surface area contributed by atoms with Crippen molar-refractivity contribution in [3.63, 3.8) is 0 Å². The first-order valence-corrected chi connectivity index (χ1v) is 9.12. The standard InChI is InChI=1S/C19H12BCl2NO2S/c1-10(24)17-15(14-7-6-13(21)8-16(14)22)9-26-19(17)23-18(25)11-2-4-12(20)5-3-11/h2-9,24H,1H2,(H,23,25). The number of benzene rings is 2. The highest BCUT2D eigenvalue weighted by molar-refractivity contribution is 7.15. The number of hydrogen-bond donors (Lipinski definition) is 2. The zero-order valence-electron chi connectivity index (χ0n) is 13.4. The van der Waals surface area contributed by atoms with Gasteiger partial charge < -0.3 is 10.4 Å². The Bertz CT molecular complexity index is 999. The number of anilines is 1. The average molecular weight is 400 g/mol. The van der Waals surface area contributed by atoms with Gasteiger partial charge in [-0.25, -0.2) is 0 Å². The Morgan fingerprint density at radius 3 is 2.42 bits per heavy atom. The van der Waals surface area contributed by atoms with Crippen LogP contribution in [0.4, 0.5) is 5.00 Å². The summed E-state index contributed by atoms with van der Waals surface area (Å²) >= 11 is 13.5. The van der Waals surface area contributed by atoms with Crippen molar-refractivity contribution < 1.29 is 9.90 Å². The number of rotatable bonds is 4. The van der Waals surface area contributed by atoms with E-state index in [0.29, 0.717) is 42.8 Å². The van der Waals surface area contributed by atoms with Crippen LogP contribution in [0.15, 0.2) is 54.4 Å². The lowest BCUT2D eigenvalue weighted by Gasteiger charge is -2.09. The molecule has 2 radical (unpaired) electrons. The summed E-state index contributed by atoms with van der Waals surface area (Å²) in [6.07, 6.45) is 0. The fourth-order valence-corrected chi connectivity index (χ4v) is 3.94. The van der Waals surface area contributed by atoms with Crippen LogP contribution in [0.5, 0.6) is 0 Å². The number of hydrogen-bond acceptors (Lipinski definition) is 3. The van der Waals surface area contributed by atoms with E-state index < -0.39 is 0 Å². The zero-order chi connectivity index (χ0) is 18.8. The first-order chi connectivity index (χ1) is 12.4. The molecular weight excluding hydrogens is 388 g/mol. The molecule has 0 aliphatic rings. The van der Waals surface area contributed by atoms with Crippen molar-refractivity contribution in [2.75, 3.05) is 5.32 Å². The Morgan fingerprint density at radius 1 is 1.12 bits per heavy atom. The Kier molecular flexibility index (Phi) is 5.42. The Labute approximate surface area is 166 Å². The van der Waals surface area contributed by atoms with Gasteiger partial charge in [-0.15, -0.1) is 11.3 Å². The van der Waals surface area contributed by atoms with E-state index in [4.69, 9.17) is 31.0 Å². The van der Waals surface area contributed by atoms with Gasteiger partial charge in [0.1, 0.15) is 18.6 Å². The molecule has 1 aromatic heterocycles. The third kappa shape index (κ3) is 3.80. The summed E-state index contributed by atoms with van der Waals surface area (Å²) in [6, 6.07) is 11.6. The normalized spacial score (nSPS) is 10.5. The van der Waals surface area contributed by atoms with E-state index in [1.165, 1.54) is 11.3 Å². The molecule has 0 saturated heterocycles. The Balaban J connectivity index is 1.98. The van der Waals surface area contributed by atoms with Gasteiger partial charge in [0.15, 0.2) is 0 Å². The third-order valence-corrected chi connectivity index (χ3v) is 5.14. The predicted molar refractivity (Wildman–Crippen MR) is 111 cm³/mol. The first-order valence-electron chi connectivity index (χ1n) is 7.49. The van der Waals surface area contributed by atoms with Gasteiger partial charge >= 0.3 is 0 Å². The molecule has 3 aromatic rings. The summed E-state index contributed by atoms with van der Waals surface area (Å²) in [4.78, 5) is 12.5. The summed E-state index contributed by atoms with van der Waals surface area (Å²) in [6.45, 7) is 3.61. The second-order valence-corrected chi connectivity index (χ2v) is 7.22.